The van der Waals surface area contributed by atoms with Gasteiger partial charge in [-0.05, 0) is 42.3 Å². The van der Waals surface area contributed by atoms with Gasteiger partial charge in [-0.1, -0.05) is 50.1 Å². The molecule has 1 heterocycles. The first-order chi connectivity index (χ1) is 10.1. The van der Waals surface area contributed by atoms with Gasteiger partial charge in [0, 0.05) is 14.5 Å². The maximum absolute atomic E-state index is 6.05. The molecule has 0 aliphatic heterocycles. The van der Waals surface area contributed by atoms with E-state index in [1.54, 1.807) is 0 Å². The summed E-state index contributed by atoms with van der Waals surface area (Å²) in [6.07, 6.45) is 0. The van der Waals surface area contributed by atoms with Crippen LogP contribution >= 0.6 is 31.9 Å². The minimum absolute atomic E-state index is 0.507. The highest BCUT2D eigenvalue weighted by Gasteiger charge is 2.15. The van der Waals surface area contributed by atoms with Crippen molar-refractivity contribution in [3.8, 4) is 22.4 Å². The molecule has 2 aromatic carbocycles. The van der Waals surface area contributed by atoms with Crippen molar-refractivity contribution in [2.24, 2.45) is 0 Å². The number of H-pyrrole nitrogens is 1. The van der Waals surface area contributed by atoms with Gasteiger partial charge >= 0.3 is 0 Å². The van der Waals surface area contributed by atoms with Crippen LogP contribution in [-0.4, -0.2) is 10.2 Å². The molecule has 0 saturated heterocycles. The van der Waals surface area contributed by atoms with Crippen molar-refractivity contribution < 1.29 is 0 Å². The number of benzene rings is 2. The lowest BCUT2D eigenvalue weighted by Gasteiger charge is -2.07. The smallest absolute Gasteiger partial charge is 0.153 e. The largest absolute Gasteiger partial charge is 0.382 e. The number of nitrogen functional groups attached to an aromatic ring is 1. The monoisotopic (exact) mass is 405 g/mol. The van der Waals surface area contributed by atoms with Gasteiger partial charge in [0.2, 0.25) is 0 Å². The normalized spacial score (nSPS) is 10.8. The lowest BCUT2D eigenvalue weighted by atomic mass is 10.00. The number of hydrogen-bond donors (Lipinski definition) is 2. The Labute approximate surface area is 139 Å². The van der Waals surface area contributed by atoms with Crippen LogP contribution in [-0.2, 0) is 0 Å². The van der Waals surface area contributed by atoms with Crippen LogP contribution in [0, 0.1) is 6.92 Å². The van der Waals surface area contributed by atoms with Gasteiger partial charge in [-0.15, -0.1) is 0 Å². The zero-order valence-electron chi connectivity index (χ0n) is 11.3. The summed E-state index contributed by atoms with van der Waals surface area (Å²) in [6.45, 7) is 2.06. The third-order valence-corrected chi connectivity index (χ3v) is 4.79. The summed E-state index contributed by atoms with van der Waals surface area (Å²) in [5, 5.41) is 7.22. The number of halogens is 2. The predicted molar refractivity (Wildman–Crippen MR) is 94.0 cm³/mol. The fourth-order valence-corrected chi connectivity index (χ4v) is 2.78. The van der Waals surface area contributed by atoms with Crippen LogP contribution in [0.2, 0.25) is 0 Å². The molecule has 0 fully saturated rings. The lowest BCUT2D eigenvalue weighted by Crippen LogP contribution is -1.89. The topological polar surface area (TPSA) is 54.7 Å². The highest BCUT2D eigenvalue weighted by atomic mass is 79.9. The summed E-state index contributed by atoms with van der Waals surface area (Å²) < 4.78 is 2.12. The Morgan fingerprint density at radius 1 is 1.00 bits per heavy atom. The van der Waals surface area contributed by atoms with E-state index in [1.807, 2.05) is 36.4 Å². The first-order valence-corrected chi connectivity index (χ1v) is 8.01. The van der Waals surface area contributed by atoms with Gasteiger partial charge in [-0.2, -0.15) is 5.10 Å². The fraction of sp³-hybridized carbons (Fsp3) is 0.0625. The molecule has 0 spiro atoms. The molecule has 3 N–H and O–H groups in total. The summed E-state index contributed by atoms with van der Waals surface area (Å²) in [6, 6.07) is 14.2. The van der Waals surface area contributed by atoms with Crippen molar-refractivity contribution in [1.82, 2.24) is 10.2 Å². The third-order valence-electron chi connectivity index (χ3n) is 3.37. The number of nitrogens with two attached hydrogens (primary N) is 1. The number of hydrogen-bond acceptors (Lipinski definition) is 2. The number of anilines is 1. The molecule has 0 atom stereocenters. The second-order valence-electron chi connectivity index (χ2n) is 4.83. The Bertz CT molecular complexity index is 792. The van der Waals surface area contributed by atoms with Crippen molar-refractivity contribution in [2.45, 2.75) is 6.92 Å². The van der Waals surface area contributed by atoms with E-state index < -0.39 is 0 Å². The SMILES string of the molecule is Cc1cc(-c2[nH]nc(N)c2-c2ccc(Br)cc2)ccc1Br. The van der Waals surface area contributed by atoms with Crippen molar-refractivity contribution >= 4 is 37.7 Å². The Morgan fingerprint density at radius 3 is 2.33 bits per heavy atom. The lowest BCUT2D eigenvalue weighted by molar-refractivity contribution is 1.10. The van der Waals surface area contributed by atoms with Crippen molar-refractivity contribution in [1.29, 1.82) is 0 Å². The van der Waals surface area contributed by atoms with Crippen molar-refractivity contribution in [3.63, 3.8) is 0 Å². The highest BCUT2D eigenvalue weighted by Crippen LogP contribution is 2.36. The maximum atomic E-state index is 6.05. The quantitative estimate of drug-likeness (QED) is 0.617. The molecule has 106 valence electrons. The molecule has 0 bridgehead atoms. The first-order valence-electron chi connectivity index (χ1n) is 6.42. The first kappa shape index (κ1) is 14.4. The average Bonchev–Trinajstić information content (AvgIpc) is 2.85. The summed E-state index contributed by atoms with van der Waals surface area (Å²) in [5.41, 5.74) is 11.2. The average molecular weight is 407 g/mol. The van der Waals surface area contributed by atoms with Gasteiger partial charge in [-0.3, -0.25) is 5.10 Å². The number of nitrogens with one attached hydrogen (secondary N) is 1. The van der Waals surface area contributed by atoms with Crippen LogP contribution < -0.4 is 5.73 Å². The van der Waals surface area contributed by atoms with Crippen LogP contribution in [0.25, 0.3) is 22.4 Å². The zero-order valence-corrected chi connectivity index (χ0v) is 14.5. The van der Waals surface area contributed by atoms with E-state index in [4.69, 9.17) is 5.73 Å². The van der Waals surface area contributed by atoms with Gasteiger partial charge in [-0.25, -0.2) is 0 Å². The molecule has 0 unspecified atom stereocenters. The van der Waals surface area contributed by atoms with E-state index in [9.17, 15) is 0 Å². The molecule has 0 aliphatic carbocycles. The molecule has 21 heavy (non-hydrogen) atoms. The molecule has 3 aromatic rings. The summed E-state index contributed by atoms with van der Waals surface area (Å²) in [7, 11) is 0. The number of nitrogens with zero attached hydrogens (tertiary/aromatic N) is 1. The van der Waals surface area contributed by atoms with Crippen LogP contribution in [0.15, 0.2) is 51.4 Å². The van der Waals surface area contributed by atoms with Crippen LogP contribution in [0.4, 0.5) is 5.82 Å². The summed E-state index contributed by atoms with van der Waals surface area (Å²) >= 11 is 6.97. The van der Waals surface area contributed by atoms with Crippen LogP contribution in [0.1, 0.15) is 5.56 Å². The highest BCUT2D eigenvalue weighted by molar-refractivity contribution is 9.10. The number of rotatable bonds is 2. The second-order valence-corrected chi connectivity index (χ2v) is 6.60. The van der Waals surface area contributed by atoms with Gasteiger partial charge in [0.15, 0.2) is 5.82 Å². The second kappa shape index (κ2) is 5.66. The van der Waals surface area contributed by atoms with E-state index >= 15 is 0 Å². The van der Waals surface area contributed by atoms with E-state index in [0.29, 0.717) is 5.82 Å². The van der Waals surface area contributed by atoms with E-state index in [1.165, 1.54) is 5.56 Å². The zero-order chi connectivity index (χ0) is 15.0. The van der Waals surface area contributed by atoms with Crippen LogP contribution in [0.3, 0.4) is 0 Å². The van der Waals surface area contributed by atoms with Gasteiger partial charge < -0.3 is 5.73 Å². The number of aromatic nitrogens is 2. The predicted octanol–water partition coefficient (Wildman–Crippen LogP) is 5.16. The molecule has 0 aliphatic rings. The number of aryl methyl sites for hydroxylation is 1. The fourth-order valence-electron chi connectivity index (χ4n) is 2.27. The van der Waals surface area contributed by atoms with Gasteiger partial charge in [0.05, 0.1) is 11.3 Å². The Hall–Kier alpha value is -1.59. The summed E-state index contributed by atoms with van der Waals surface area (Å²) in [5.74, 6) is 0.507. The molecule has 3 rings (SSSR count). The van der Waals surface area contributed by atoms with Gasteiger partial charge in [0.25, 0.3) is 0 Å². The molecular formula is C16H13Br2N3. The Balaban J connectivity index is 2.16. The Kier molecular flexibility index (Phi) is 3.87. The van der Waals surface area contributed by atoms with Crippen molar-refractivity contribution in [3.05, 3.63) is 57.0 Å². The van der Waals surface area contributed by atoms with E-state index in [2.05, 4.69) is 55.0 Å². The molecule has 0 amide bonds. The summed E-state index contributed by atoms with van der Waals surface area (Å²) in [4.78, 5) is 0. The van der Waals surface area contributed by atoms with Crippen LogP contribution in [0.5, 0.6) is 0 Å². The maximum Gasteiger partial charge on any atom is 0.153 e. The molecule has 0 saturated carbocycles. The minimum Gasteiger partial charge on any atom is -0.382 e. The molecule has 5 heteroatoms. The van der Waals surface area contributed by atoms with E-state index in [0.717, 1.165) is 31.3 Å². The standard InChI is InChI=1S/C16H13Br2N3/c1-9-8-11(4-7-13(9)18)15-14(16(19)21-20-15)10-2-5-12(17)6-3-10/h2-8H,1H3,(H3,19,20,21). The number of aromatic amines is 1. The van der Waals surface area contributed by atoms with Gasteiger partial charge in [0.1, 0.15) is 0 Å². The molecule has 3 nitrogen and oxygen atoms in total. The molecular weight excluding hydrogens is 394 g/mol. The Morgan fingerprint density at radius 2 is 1.67 bits per heavy atom. The molecule has 0 radical (unpaired) electrons. The minimum atomic E-state index is 0.507. The van der Waals surface area contributed by atoms with E-state index in [-0.39, 0.29) is 0 Å². The third kappa shape index (κ3) is 2.76. The molecule has 1 aromatic heterocycles. The van der Waals surface area contributed by atoms with Crippen molar-refractivity contribution in [2.75, 3.05) is 5.73 Å².